The molecule has 150 valence electrons. The Labute approximate surface area is 158 Å². The van der Waals surface area contributed by atoms with Gasteiger partial charge >= 0.3 is 11.9 Å². The molecule has 0 amide bonds. The number of aliphatic hydroxyl groups is 1. The number of ether oxygens (including phenoxy) is 2. The summed E-state index contributed by atoms with van der Waals surface area (Å²) in [5, 5.41) is 9.26. The summed E-state index contributed by atoms with van der Waals surface area (Å²) in [6.07, 6.45) is 11.1. The lowest BCUT2D eigenvalue weighted by Crippen LogP contribution is -2.28. The molecule has 0 radical (unpaired) electrons. The van der Waals surface area contributed by atoms with E-state index >= 15 is 0 Å². The zero-order chi connectivity index (χ0) is 19.8. The molecule has 0 aliphatic carbocycles. The Kier molecular flexibility index (Phi) is 14.6. The van der Waals surface area contributed by atoms with E-state index in [0.29, 0.717) is 11.8 Å². The standard InChI is InChI=1S/C21H36O5/c1-5-18(4)12-9-10-14-21(24)26-19(15-22)16-25-20(23)13-8-6-7-11-17(2)3/h6,8-10,17-19,22H,5,7,11-16H2,1-4H3. The van der Waals surface area contributed by atoms with E-state index in [0.717, 1.165) is 25.7 Å². The summed E-state index contributed by atoms with van der Waals surface area (Å²) < 4.78 is 10.2. The highest BCUT2D eigenvalue weighted by Crippen LogP contribution is 2.08. The zero-order valence-corrected chi connectivity index (χ0v) is 16.8. The molecule has 0 rings (SSSR count). The van der Waals surface area contributed by atoms with Crippen molar-refractivity contribution in [1.82, 2.24) is 0 Å². The fourth-order valence-electron chi connectivity index (χ4n) is 2.00. The van der Waals surface area contributed by atoms with Crippen LogP contribution in [0.15, 0.2) is 24.3 Å². The van der Waals surface area contributed by atoms with Gasteiger partial charge in [0.25, 0.3) is 0 Å². The SMILES string of the molecule is CCC(C)CC=CCC(=O)OC(CO)COC(=O)CC=CCCC(C)C. The van der Waals surface area contributed by atoms with E-state index in [2.05, 4.69) is 27.7 Å². The van der Waals surface area contributed by atoms with E-state index in [1.165, 1.54) is 0 Å². The molecular weight excluding hydrogens is 332 g/mol. The zero-order valence-electron chi connectivity index (χ0n) is 16.8. The fourth-order valence-corrected chi connectivity index (χ4v) is 2.00. The van der Waals surface area contributed by atoms with Crippen LogP contribution in [-0.4, -0.2) is 36.4 Å². The predicted octanol–water partition coefficient (Wildman–Crippen LogP) is 4.20. The van der Waals surface area contributed by atoms with Gasteiger partial charge in [0.1, 0.15) is 6.61 Å². The molecule has 0 heterocycles. The first-order chi connectivity index (χ1) is 12.4. The minimum atomic E-state index is -0.820. The van der Waals surface area contributed by atoms with Crippen LogP contribution in [0.5, 0.6) is 0 Å². The van der Waals surface area contributed by atoms with Crippen LogP contribution in [0.25, 0.3) is 0 Å². The maximum atomic E-state index is 11.7. The number of allylic oxidation sites excluding steroid dienone is 2. The number of hydrogen-bond donors (Lipinski definition) is 1. The van der Waals surface area contributed by atoms with Gasteiger partial charge in [-0.15, -0.1) is 0 Å². The largest absolute Gasteiger partial charge is 0.461 e. The molecule has 0 aromatic carbocycles. The van der Waals surface area contributed by atoms with E-state index in [9.17, 15) is 14.7 Å². The molecule has 0 aromatic heterocycles. The van der Waals surface area contributed by atoms with Crippen molar-refractivity contribution in [2.45, 2.75) is 72.3 Å². The van der Waals surface area contributed by atoms with Crippen molar-refractivity contribution in [1.29, 1.82) is 0 Å². The molecule has 0 spiro atoms. The molecular formula is C21H36O5. The van der Waals surface area contributed by atoms with Crippen molar-refractivity contribution in [3.63, 3.8) is 0 Å². The van der Waals surface area contributed by atoms with Gasteiger partial charge in [-0.2, -0.15) is 0 Å². The second-order valence-electron chi connectivity index (χ2n) is 7.05. The number of rotatable bonds is 14. The summed E-state index contributed by atoms with van der Waals surface area (Å²) in [6.45, 7) is 8.08. The number of esters is 2. The molecule has 5 nitrogen and oxygen atoms in total. The van der Waals surface area contributed by atoms with Crippen LogP contribution in [-0.2, 0) is 19.1 Å². The number of hydrogen-bond acceptors (Lipinski definition) is 5. The lowest BCUT2D eigenvalue weighted by atomic mass is 10.1. The van der Waals surface area contributed by atoms with Gasteiger partial charge in [0.15, 0.2) is 6.10 Å². The van der Waals surface area contributed by atoms with Gasteiger partial charge in [0, 0.05) is 0 Å². The van der Waals surface area contributed by atoms with E-state index in [4.69, 9.17) is 9.47 Å². The number of aliphatic hydroxyl groups excluding tert-OH is 1. The van der Waals surface area contributed by atoms with Gasteiger partial charge in [-0.25, -0.2) is 0 Å². The molecule has 5 heteroatoms. The minimum absolute atomic E-state index is 0.127. The third-order valence-corrected chi connectivity index (χ3v) is 3.98. The third-order valence-electron chi connectivity index (χ3n) is 3.98. The van der Waals surface area contributed by atoms with E-state index in [1.807, 2.05) is 12.2 Å². The molecule has 0 aliphatic rings. The van der Waals surface area contributed by atoms with Crippen molar-refractivity contribution >= 4 is 11.9 Å². The summed E-state index contributed by atoms with van der Waals surface area (Å²) in [7, 11) is 0. The van der Waals surface area contributed by atoms with Gasteiger partial charge in [-0.05, 0) is 31.1 Å². The predicted molar refractivity (Wildman–Crippen MR) is 104 cm³/mol. The molecule has 1 N–H and O–H groups in total. The Hall–Kier alpha value is -1.62. The van der Waals surface area contributed by atoms with Crippen LogP contribution in [0.3, 0.4) is 0 Å². The molecule has 0 aromatic rings. The van der Waals surface area contributed by atoms with Gasteiger partial charge < -0.3 is 14.6 Å². The van der Waals surface area contributed by atoms with Crippen LogP contribution in [0.4, 0.5) is 0 Å². The monoisotopic (exact) mass is 368 g/mol. The average molecular weight is 369 g/mol. The summed E-state index contributed by atoms with van der Waals surface area (Å²) in [6, 6.07) is 0. The van der Waals surface area contributed by atoms with Crippen LogP contribution >= 0.6 is 0 Å². The number of carbonyl (C=O) groups is 2. The van der Waals surface area contributed by atoms with Crippen LogP contribution in [0.2, 0.25) is 0 Å². The molecule has 0 bridgehead atoms. The Balaban J connectivity index is 3.99. The summed E-state index contributed by atoms with van der Waals surface area (Å²) >= 11 is 0. The van der Waals surface area contributed by atoms with Crippen LogP contribution in [0, 0.1) is 11.8 Å². The smallest absolute Gasteiger partial charge is 0.310 e. The van der Waals surface area contributed by atoms with Crippen molar-refractivity contribution in [2.24, 2.45) is 11.8 Å². The average Bonchev–Trinajstić information content (AvgIpc) is 2.61. The molecule has 0 saturated carbocycles. The molecule has 26 heavy (non-hydrogen) atoms. The summed E-state index contributed by atoms with van der Waals surface area (Å²) in [5.41, 5.74) is 0. The minimum Gasteiger partial charge on any atom is -0.461 e. The molecule has 0 saturated heterocycles. The lowest BCUT2D eigenvalue weighted by Gasteiger charge is -2.15. The van der Waals surface area contributed by atoms with Crippen LogP contribution < -0.4 is 0 Å². The maximum Gasteiger partial charge on any atom is 0.310 e. The Morgan fingerprint density at radius 3 is 2.27 bits per heavy atom. The highest BCUT2D eigenvalue weighted by molar-refractivity contribution is 5.72. The van der Waals surface area contributed by atoms with Gasteiger partial charge in [0.05, 0.1) is 19.4 Å². The summed E-state index contributed by atoms with van der Waals surface area (Å²) in [4.78, 5) is 23.4. The van der Waals surface area contributed by atoms with Gasteiger partial charge in [-0.1, -0.05) is 58.4 Å². The quantitative estimate of drug-likeness (QED) is 0.367. The second kappa shape index (κ2) is 15.6. The molecule has 2 atom stereocenters. The van der Waals surface area contributed by atoms with E-state index < -0.39 is 18.0 Å². The highest BCUT2D eigenvalue weighted by Gasteiger charge is 2.15. The summed E-state index contributed by atoms with van der Waals surface area (Å²) in [5.74, 6) is 0.394. The fraction of sp³-hybridized carbons (Fsp3) is 0.714. The Morgan fingerprint density at radius 2 is 1.65 bits per heavy atom. The number of carbonyl (C=O) groups excluding carboxylic acids is 2. The van der Waals surface area contributed by atoms with Crippen molar-refractivity contribution in [3.05, 3.63) is 24.3 Å². The maximum absolute atomic E-state index is 11.7. The molecule has 2 unspecified atom stereocenters. The third kappa shape index (κ3) is 14.7. The first-order valence-electron chi connectivity index (χ1n) is 9.64. The van der Waals surface area contributed by atoms with E-state index in [1.54, 1.807) is 12.2 Å². The molecule has 0 fully saturated rings. The Morgan fingerprint density at radius 1 is 1.00 bits per heavy atom. The van der Waals surface area contributed by atoms with Crippen molar-refractivity contribution in [2.75, 3.05) is 13.2 Å². The topological polar surface area (TPSA) is 72.8 Å². The van der Waals surface area contributed by atoms with Crippen LogP contribution in [0.1, 0.15) is 66.2 Å². The van der Waals surface area contributed by atoms with Crippen molar-refractivity contribution in [3.8, 4) is 0 Å². The first-order valence-corrected chi connectivity index (χ1v) is 9.64. The normalized spacial score (nSPS) is 14.1. The Bertz CT molecular complexity index is 440. The first kappa shape index (κ1) is 24.4. The van der Waals surface area contributed by atoms with Crippen molar-refractivity contribution < 1.29 is 24.2 Å². The van der Waals surface area contributed by atoms with Gasteiger partial charge in [0.2, 0.25) is 0 Å². The van der Waals surface area contributed by atoms with Gasteiger partial charge in [-0.3, -0.25) is 9.59 Å². The second-order valence-corrected chi connectivity index (χ2v) is 7.05. The van der Waals surface area contributed by atoms with E-state index in [-0.39, 0.29) is 26.1 Å². The lowest BCUT2D eigenvalue weighted by molar-refractivity contribution is -0.160. The molecule has 0 aliphatic heterocycles. The highest BCUT2D eigenvalue weighted by atomic mass is 16.6.